The number of nitrogens with zero attached hydrogens (tertiary/aromatic N) is 3. The van der Waals surface area contributed by atoms with Crippen molar-refractivity contribution in [1.29, 1.82) is 0 Å². The average molecular weight is 446 g/mol. The predicted octanol–water partition coefficient (Wildman–Crippen LogP) is 2.25. The average Bonchev–Trinajstić information content (AvgIpc) is 2.78. The van der Waals surface area contributed by atoms with Crippen molar-refractivity contribution in [2.45, 2.75) is 6.92 Å². The van der Waals surface area contributed by atoms with Crippen LogP contribution in [-0.2, 0) is 9.59 Å². The van der Waals surface area contributed by atoms with E-state index < -0.39 is 5.91 Å². The molecule has 2 heterocycles. The topological polar surface area (TPSA) is 43.9 Å². The third kappa shape index (κ3) is 2.99. The number of carbonyl (C=O) groups excluding carboxylic acids is 2. The monoisotopic (exact) mass is 445 g/mol. The molecule has 0 N–H and O–H groups in total. The van der Waals surface area contributed by atoms with Crippen LogP contribution in [0.15, 0.2) is 35.0 Å². The normalized spacial score (nSPS) is 20.0. The minimum atomic E-state index is -0.436. The van der Waals surface area contributed by atoms with Gasteiger partial charge in [-0.3, -0.25) is 9.59 Å². The van der Waals surface area contributed by atoms with E-state index in [4.69, 9.17) is 11.6 Å². The SMILES string of the molecule is CCN1CCN(C2=C(Cl)C(=O)N(c3ccccc3I)C2=O)CC1. The van der Waals surface area contributed by atoms with Crippen LogP contribution in [0, 0.1) is 3.57 Å². The van der Waals surface area contributed by atoms with Crippen LogP contribution in [0.3, 0.4) is 0 Å². The van der Waals surface area contributed by atoms with Gasteiger partial charge in [0.05, 0.1) is 5.69 Å². The highest BCUT2D eigenvalue weighted by Crippen LogP contribution is 2.33. The number of para-hydroxylation sites is 1. The van der Waals surface area contributed by atoms with Gasteiger partial charge >= 0.3 is 0 Å². The summed E-state index contributed by atoms with van der Waals surface area (Å²) in [6, 6.07) is 7.31. The van der Waals surface area contributed by atoms with Crippen molar-refractivity contribution in [2.75, 3.05) is 37.6 Å². The van der Waals surface area contributed by atoms with Crippen LogP contribution < -0.4 is 4.90 Å². The molecule has 0 saturated carbocycles. The standard InChI is InChI=1S/C16H17ClIN3O2/c1-2-19-7-9-20(10-8-19)14-13(17)15(22)21(16(14)23)12-6-4-3-5-11(12)18/h3-6H,2,7-10H2,1H3. The predicted molar refractivity (Wildman–Crippen MR) is 98.2 cm³/mol. The van der Waals surface area contributed by atoms with Gasteiger partial charge in [0, 0.05) is 29.7 Å². The van der Waals surface area contributed by atoms with Gasteiger partial charge in [-0.05, 0) is 41.3 Å². The minimum absolute atomic E-state index is 0.0274. The van der Waals surface area contributed by atoms with E-state index in [1.54, 1.807) is 6.07 Å². The van der Waals surface area contributed by atoms with Gasteiger partial charge in [0.1, 0.15) is 10.7 Å². The minimum Gasteiger partial charge on any atom is -0.363 e. The first-order chi connectivity index (χ1) is 11.0. The third-order valence-electron chi connectivity index (χ3n) is 4.23. The van der Waals surface area contributed by atoms with E-state index in [1.807, 2.05) is 23.1 Å². The lowest BCUT2D eigenvalue weighted by Crippen LogP contribution is -2.47. The summed E-state index contributed by atoms with van der Waals surface area (Å²) in [5.41, 5.74) is 0.926. The van der Waals surface area contributed by atoms with E-state index in [2.05, 4.69) is 34.4 Å². The number of anilines is 1. The Bertz CT molecular complexity index is 684. The fourth-order valence-corrected chi connectivity index (χ4v) is 3.82. The van der Waals surface area contributed by atoms with Crippen LogP contribution in [0.25, 0.3) is 0 Å². The molecule has 7 heteroatoms. The summed E-state index contributed by atoms with van der Waals surface area (Å²) in [6.45, 7) is 6.26. The molecule has 3 rings (SSSR count). The largest absolute Gasteiger partial charge is 0.363 e. The molecule has 0 aliphatic carbocycles. The molecule has 2 aliphatic rings. The fourth-order valence-electron chi connectivity index (χ4n) is 2.91. The molecule has 0 unspecified atom stereocenters. The molecular weight excluding hydrogens is 429 g/mol. The highest BCUT2D eigenvalue weighted by Gasteiger charge is 2.42. The van der Waals surface area contributed by atoms with Crippen molar-refractivity contribution in [3.63, 3.8) is 0 Å². The van der Waals surface area contributed by atoms with E-state index in [0.29, 0.717) is 24.5 Å². The number of rotatable bonds is 3. The summed E-state index contributed by atoms with van der Waals surface area (Å²) < 4.78 is 0.841. The van der Waals surface area contributed by atoms with Gasteiger partial charge < -0.3 is 9.80 Å². The van der Waals surface area contributed by atoms with E-state index in [0.717, 1.165) is 23.2 Å². The number of benzene rings is 1. The number of imide groups is 1. The second-order valence-corrected chi connectivity index (χ2v) is 7.02. The molecule has 0 atom stereocenters. The number of carbonyl (C=O) groups is 2. The summed E-state index contributed by atoms with van der Waals surface area (Å²) in [7, 11) is 0. The van der Waals surface area contributed by atoms with Gasteiger partial charge in [-0.1, -0.05) is 30.7 Å². The summed E-state index contributed by atoms with van der Waals surface area (Å²) in [4.78, 5) is 30.8. The molecule has 1 aromatic rings. The number of likely N-dealkylation sites (N-methyl/N-ethyl adjacent to an activating group) is 1. The molecule has 5 nitrogen and oxygen atoms in total. The smallest absolute Gasteiger partial charge is 0.283 e. The van der Waals surface area contributed by atoms with E-state index in [1.165, 1.54) is 4.90 Å². The Morgan fingerprint density at radius 3 is 2.35 bits per heavy atom. The summed E-state index contributed by atoms with van der Waals surface area (Å²) in [5, 5.41) is 0.0274. The number of halogens is 2. The van der Waals surface area contributed by atoms with Gasteiger partial charge in [0.15, 0.2) is 0 Å². The Morgan fingerprint density at radius 2 is 1.74 bits per heavy atom. The second kappa shape index (κ2) is 6.78. The zero-order valence-electron chi connectivity index (χ0n) is 12.8. The molecular formula is C16H17ClIN3O2. The lowest BCUT2D eigenvalue weighted by Gasteiger charge is -2.35. The van der Waals surface area contributed by atoms with Crippen molar-refractivity contribution >= 4 is 51.7 Å². The summed E-state index contributed by atoms with van der Waals surface area (Å²) >= 11 is 8.35. The van der Waals surface area contributed by atoms with Crippen LogP contribution in [0.2, 0.25) is 0 Å². The van der Waals surface area contributed by atoms with Crippen LogP contribution in [0.1, 0.15) is 6.92 Å². The maximum atomic E-state index is 12.8. The summed E-state index contributed by atoms with van der Waals surface area (Å²) in [6.07, 6.45) is 0. The van der Waals surface area contributed by atoms with Crippen molar-refractivity contribution in [1.82, 2.24) is 9.80 Å². The Kier molecular flexibility index (Phi) is 4.93. The molecule has 1 fully saturated rings. The van der Waals surface area contributed by atoms with E-state index in [9.17, 15) is 9.59 Å². The molecule has 23 heavy (non-hydrogen) atoms. The van der Waals surface area contributed by atoms with E-state index in [-0.39, 0.29) is 10.9 Å². The molecule has 1 aromatic carbocycles. The molecule has 0 radical (unpaired) electrons. The van der Waals surface area contributed by atoms with E-state index >= 15 is 0 Å². The van der Waals surface area contributed by atoms with Gasteiger partial charge in [-0.25, -0.2) is 4.90 Å². The van der Waals surface area contributed by atoms with Gasteiger partial charge in [-0.2, -0.15) is 0 Å². The Morgan fingerprint density at radius 1 is 1.09 bits per heavy atom. The van der Waals surface area contributed by atoms with Crippen molar-refractivity contribution in [3.8, 4) is 0 Å². The van der Waals surface area contributed by atoms with Crippen LogP contribution >= 0.6 is 34.2 Å². The zero-order valence-corrected chi connectivity index (χ0v) is 15.7. The maximum absolute atomic E-state index is 12.8. The van der Waals surface area contributed by atoms with Crippen LogP contribution in [0.5, 0.6) is 0 Å². The van der Waals surface area contributed by atoms with Crippen molar-refractivity contribution in [3.05, 3.63) is 38.6 Å². The quantitative estimate of drug-likeness (QED) is 0.529. The maximum Gasteiger partial charge on any atom is 0.283 e. The van der Waals surface area contributed by atoms with Gasteiger partial charge in [0.2, 0.25) is 0 Å². The number of amides is 2. The first-order valence-corrected chi connectivity index (χ1v) is 9.00. The number of hydrogen-bond acceptors (Lipinski definition) is 4. The highest BCUT2D eigenvalue weighted by atomic mass is 127. The molecule has 2 aliphatic heterocycles. The van der Waals surface area contributed by atoms with Gasteiger partial charge in [-0.15, -0.1) is 0 Å². The highest BCUT2D eigenvalue weighted by molar-refractivity contribution is 14.1. The molecule has 0 aromatic heterocycles. The molecule has 2 amide bonds. The van der Waals surface area contributed by atoms with Crippen LogP contribution in [0.4, 0.5) is 5.69 Å². The molecule has 122 valence electrons. The number of hydrogen-bond donors (Lipinski definition) is 0. The number of piperazine rings is 1. The Labute approximate surface area is 154 Å². The Hall–Kier alpha value is -1.12. The summed E-state index contributed by atoms with van der Waals surface area (Å²) in [5.74, 6) is -0.761. The first-order valence-electron chi connectivity index (χ1n) is 7.55. The first kappa shape index (κ1) is 16.7. The molecule has 1 saturated heterocycles. The lowest BCUT2D eigenvalue weighted by atomic mass is 10.2. The van der Waals surface area contributed by atoms with Crippen molar-refractivity contribution in [2.24, 2.45) is 0 Å². The molecule has 0 bridgehead atoms. The Balaban J connectivity index is 1.87. The van der Waals surface area contributed by atoms with Gasteiger partial charge in [0.25, 0.3) is 11.8 Å². The van der Waals surface area contributed by atoms with Crippen LogP contribution in [-0.4, -0.2) is 54.3 Å². The fraction of sp³-hybridized carbons (Fsp3) is 0.375. The lowest BCUT2D eigenvalue weighted by molar-refractivity contribution is -0.121. The third-order valence-corrected chi connectivity index (χ3v) is 5.49. The van der Waals surface area contributed by atoms with Crippen molar-refractivity contribution < 1.29 is 9.59 Å². The molecule has 0 spiro atoms. The zero-order chi connectivity index (χ0) is 16.6. The second-order valence-electron chi connectivity index (χ2n) is 5.48.